The van der Waals surface area contributed by atoms with Gasteiger partial charge in [-0.15, -0.1) is 11.3 Å². The van der Waals surface area contributed by atoms with Crippen molar-refractivity contribution in [3.05, 3.63) is 26.6 Å². The Morgan fingerprint density at radius 3 is 3.19 bits per heavy atom. The van der Waals surface area contributed by atoms with E-state index >= 15 is 0 Å². The molecular weight excluding hydrogens is 370 g/mol. The zero-order valence-electron chi connectivity index (χ0n) is 14.9. The molecule has 0 radical (unpaired) electrons. The van der Waals surface area contributed by atoms with E-state index in [0.717, 1.165) is 35.2 Å². The third-order valence-electron chi connectivity index (χ3n) is 4.92. The molecule has 0 aromatic carbocycles. The number of hydrogen-bond acceptors (Lipinski definition) is 6. The van der Waals surface area contributed by atoms with Gasteiger partial charge in [0.15, 0.2) is 0 Å². The number of thioether (sulfide) groups is 1. The van der Waals surface area contributed by atoms with Crippen LogP contribution >= 0.6 is 23.1 Å². The molecule has 1 atom stereocenters. The first-order valence-corrected chi connectivity index (χ1v) is 11.1. The summed E-state index contributed by atoms with van der Waals surface area (Å²) in [6, 6.07) is 0. The van der Waals surface area contributed by atoms with E-state index in [4.69, 9.17) is 4.74 Å². The lowest BCUT2D eigenvalue weighted by molar-refractivity contribution is -0.137. The van der Waals surface area contributed by atoms with E-state index in [9.17, 15) is 9.59 Å². The molecule has 6 nitrogen and oxygen atoms in total. The minimum atomic E-state index is -0.0108. The van der Waals surface area contributed by atoms with Crippen LogP contribution in [0.25, 0.3) is 10.2 Å². The summed E-state index contributed by atoms with van der Waals surface area (Å²) in [7, 11) is 0. The van der Waals surface area contributed by atoms with E-state index < -0.39 is 0 Å². The van der Waals surface area contributed by atoms with Crippen molar-refractivity contribution in [2.75, 3.05) is 25.4 Å². The number of hydrogen-bond donors (Lipinski definition) is 1. The van der Waals surface area contributed by atoms with E-state index in [0.29, 0.717) is 37.7 Å². The molecule has 1 amide bonds. The predicted octanol–water partition coefficient (Wildman–Crippen LogP) is 2.34. The highest BCUT2D eigenvalue weighted by Gasteiger charge is 2.22. The van der Waals surface area contributed by atoms with E-state index in [2.05, 4.69) is 9.97 Å². The number of aromatic amines is 1. The fourth-order valence-electron chi connectivity index (χ4n) is 3.65. The maximum absolute atomic E-state index is 12.4. The molecule has 2 aromatic rings. The Hall–Kier alpha value is -1.38. The standard InChI is InChI=1S/C18H23N3O3S2/c1-11-9-21(6-7-24-11)15(22)5-8-25-10-14-19-17(23)16-12-3-2-4-13(12)26-18(16)20-14/h11H,2-10H2,1H3,(H,19,20,23). The summed E-state index contributed by atoms with van der Waals surface area (Å²) in [5, 5.41) is 0.799. The fraction of sp³-hybridized carbons (Fsp3) is 0.611. The van der Waals surface area contributed by atoms with Crippen molar-refractivity contribution < 1.29 is 9.53 Å². The first-order chi connectivity index (χ1) is 12.6. The second-order valence-corrected chi connectivity index (χ2v) is 9.06. The molecule has 0 bridgehead atoms. The van der Waals surface area contributed by atoms with Gasteiger partial charge in [0.05, 0.1) is 23.8 Å². The summed E-state index contributed by atoms with van der Waals surface area (Å²) in [5.74, 6) is 2.24. The largest absolute Gasteiger partial charge is 0.375 e. The van der Waals surface area contributed by atoms with Gasteiger partial charge < -0.3 is 14.6 Å². The summed E-state index contributed by atoms with van der Waals surface area (Å²) in [5.41, 5.74) is 1.20. The van der Waals surface area contributed by atoms with Crippen LogP contribution in [0.5, 0.6) is 0 Å². The molecule has 2 aliphatic rings. The molecule has 4 rings (SSSR count). The topological polar surface area (TPSA) is 75.3 Å². The highest BCUT2D eigenvalue weighted by Crippen LogP contribution is 2.34. The van der Waals surface area contributed by atoms with Crippen molar-refractivity contribution >= 4 is 39.2 Å². The van der Waals surface area contributed by atoms with Gasteiger partial charge in [-0.25, -0.2) is 4.98 Å². The molecular formula is C18H23N3O3S2. The molecule has 0 spiro atoms. The van der Waals surface area contributed by atoms with E-state index in [1.54, 1.807) is 23.1 Å². The summed E-state index contributed by atoms with van der Waals surface area (Å²) < 4.78 is 5.47. The minimum Gasteiger partial charge on any atom is -0.375 e. The molecule has 0 saturated carbocycles. The molecule has 2 aromatic heterocycles. The monoisotopic (exact) mass is 393 g/mol. The maximum atomic E-state index is 12.4. The number of carbonyl (C=O) groups excluding carboxylic acids is 1. The van der Waals surface area contributed by atoms with Gasteiger partial charge in [-0.1, -0.05) is 0 Å². The average Bonchev–Trinajstić information content (AvgIpc) is 3.19. The lowest BCUT2D eigenvalue weighted by Gasteiger charge is -2.31. The third kappa shape index (κ3) is 3.68. The molecule has 1 aliphatic carbocycles. The normalized spacial score (nSPS) is 19.9. The van der Waals surface area contributed by atoms with Crippen LogP contribution in [0.4, 0.5) is 0 Å². The molecule has 26 heavy (non-hydrogen) atoms. The molecule has 1 N–H and O–H groups in total. The number of aryl methyl sites for hydroxylation is 2. The van der Waals surface area contributed by atoms with Crippen molar-refractivity contribution in [3.63, 3.8) is 0 Å². The van der Waals surface area contributed by atoms with Crippen LogP contribution in [0.2, 0.25) is 0 Å². The SMILES string of the molecule is CC1CN(C(=O)CCSCc2nc3sc4c(c3c(=O)[nH]2)CCC4)CCO1. The van der Waals surface area contributed by atoms with Crippen molar-refractivity contribution in [2.24, 2.45) is 0 Å². The third-order valence-corrected chi connectivity index (χ3v) is 7.07. The first kappa shape index (κ1) is 18.0. The van der Waals surface area contributed by atoms with Crippen LogP contribution in [0.3, 0.4) is 0 Å². The van der Waals surface area contributed by atoms with Gasteiger partial charge >= 0.3 is 0 Å². The van der Waals surface area contributed by atoms with Crippen LogP contribution < -0.4 is 5.56 Å². The van der Waals surface area contributed by atoms with Crippen molar-refractivity contribution in [2.45, 2.75) is 44.5 Å². The number of ether oxygens (including phenoxy) is 1. The smallest absolute Gasteiger partial charge is 0.259 e. The van der Waals surface area contributed by atoms with Gasteiger partial charge in [0.2, 0.25) is 5.91 Å². The van der Waals surface area contributed by atoms with Gasteiger partial charge in [0.25, 0.3) is 5.56 Å². The molecule has 1 saturated heterocycles. The minimum absolute atomic E-state index is 0.0108. The number of aromatic nitrogens is 2. The number of nitrogens with one attached hydrogen (secondary N) is 1. The average molecular weight is 394 g/mol. The molecule has 1 unspecified atom stereocenters. The van der Waals surface area contributed by atoms with Gasteiger partial charge in [0, 0.05) is 30.1 Å². The maximum Gasteiger partial charge on any atom is 0.259 e. The fourth-order valence-corrected chi connectivity index (χ4v) is 5.72. The van der Waals surface area contributed by atoms with E-state index in [1.807, 2.05) is 11.8 Å². The Balaban J connectivity index is 1.32. The van der Waals surface area contributed by atoms with E-state index in [-0.39, 0.29) is 17.6 Å². The lowest BCUT2D eigenvalue weighted by Crippen LogP contribution is -2.44. The summed E-state index contributed by atoms with van der Waals surface area (Å²) in [4.78, 5) is 36.3. The van der Waals surface area contributed by atoms with E-state index in [1.165, 1.54) is 10.4 Å². The van der Waals surface area contributed by atoms with Crippen LogP contribution in [0.1, 0.15) is 36.0 Å². The number of rotatable bonds is 5. The van der Waals surface area contributed by atoms with Crippen LogP contribution in [-0.2, 0) is 28.1 Å². The molecule has 1 aliphatic heterocycles. The quantitative estimate of drug-likeness (QED) is 0.789. The van der Waals surface area contributed by atoms with Crippen LogP contribution in [0.15, 0.2) is 4.79 Å². The van der Waals surface area contributed by atoms with Crippen molar-refractivity contribution in [1.82, 2.24) is 14.9 Å². The number of carbonyl (C=O) groups is 1. The number of nitrogens with zero attached hydrogens (tertiary/aromatic N) is 2. The molecule has 8 heteroatoms. The zero-order valence-corrected chi connectivity index (χ0v) is 16.5. The second-order valence-electron chi connectivity index (χ2n) is 6.87. The summed E-state index contributed by atoms with van der Waals surface area (Å²) in [6.07, 6.45) is 3.84. The summed E-state index contributed by atoms with van der Waals surface area (Å²) >= 11 is 3.31. The zero-order chi connectivity index (χ0) is 18.1. The molecule has 3 heterocycles. The van der Waals surface area contributed by atoms with Gasteiger partial charge in [-0.05, 0) is 31.7 Å². The number of thiophene rings is 1. The van der Waals surface area contributed by atoms with Crippen LogP contribution in [-0.4, -0.2) is 52.3 Å². The Labute approximate surface area is 160 Å². The summed E-state index contributed by atoms with van der Waals surface area (Å²) in [6.45, 7) is 3.98. The first-order valence-electron chi connectivity index (χ1n) is 9.12. The van der Waals surface area contributed by atoms with Gasteiger partial charge in [-0.2, -0.15) is 11.8 Å². The highest BCUT2D eigenvalue weighted by atomic mass is 32.2. The Morgan fingerprint density at radius 1 is 1.46 bits per heavy atom. The van der Waals surface area contributed by atoms with Crippen molar-refractivity contribution in [3.8, 4) is 0 Å². The van der Waals surface area contributed by atoms with Crippen LogP contribution in [0, 0.1) is 0 Å². The molecule has 140 valence electrons. The van der Waals surface area contributed by atoms with Gasteiger partial charge in [0.1, 0.15) is 10.7 Å². The second kappa shape index (κ2) is 7.70. The lowest BCUT2D eigenvalue weighted by atomic mass is 10.2. The highest BCUT2D eigenvalue weighted by molar-refractivity contribution is 7.98. The number of H-pyrrole nitrogens is 1. The Morgan fingerprint density at radius 2 is 2.35 bits per heavy atom. The Bertz CT molecular complexity index is 876. The number of amides is 1. The Kier molecular flexibility index (Phi) is 5.33. The van der Waals surface area contributed by atoms with Crippen molar-refractivity contribution in [1.29, 1.82) is 0 Å². The number of fused-ring (bicyclic) bond motifs is 3. The number of morpholine rings is 1. The predicted molar refractivity (Wildman–Crippen MR) is 105 cm³/mol. The van der Waals surface area contributed by atoms with Gasteiger partial charge in [-0.3, -0.25) is 9.59 Å². The molecule has 1 fully saturated rings.